The van der Waals surface area contributed by atoms with E-state index in [4.69, 9.17) is 10.8 Å². The number of nitrogens with two attached hydrogens (primary N) is 1. The third-order valence-electron chi connectivity index (χ3n) is 4.96. The van der Waals surface area contributed by atoms with E-state index in [-0.39, 0.29) is 12.2 Å². The van der Waals surface area contributed by atoms with Crippen LogP contribution in [0.25, 0.3) is 0 Å². The van der Waals surface area contributed by atoms with Gasteiger partial charge in [0.1, 0.15) is 18.1 Å². The SMILES string of the molecule is NC(CS)C(=O)N1CCCC1C(=O)NC(CC(=O)O)C(=O)NC(Cc1cnc[nH]1)C(=O)O. The summed E-state index contributed by atoms with van der Waals surface area (Å²) in [7, 11) is 0. The topological polar surface area (TPSA) is 208 Å². The molecule has 1 aliphatic rings. The van der Waals surface area contributed by atoms with Crippen LogP contribution in [0.15, 0.2) is 12.5 Å². The molecule has 32 heavy (non-hydrogen) atoms. The molecule has 1 aromatic heterocycles. The van der Waals surface area contributed by atoms with Crippen molar-refractivity contribution >= 4 is 42.3 Å². The molecule has 1 saturated heterocycles. The summed E-state index contributed by atoms with van der Waals surface area (Å²) in [6, 6.07) is -4.74. The van der Waals surface area contributed by atoms with Gasteiger partial charge in [-0.1, -0.05) is 0 Å². The average Bonchev–Trinajstić information content (AvgIpc) is 3.43. The number of nitrogens with zero attached hydrogens (tertiary/aromatic N) is 2. The lowest BCUT2D eigenvalue weighted by atomic mass is 10.1. The normalized spacial score (nSPS) is 18.4. The van der Waals surface area contributed by atoms with Crippen LogP contribution in [0, 0.1) is 0 Å². The van der Waals surface area contributed by atoms with E-state index in [1.165, 1.54) is 17.4 Å². The third-order valence-corrected chi connectivity index (χ3v) is 5.35. The fourth-order valence-electron chi connectivity index (χ4n) is 3.33. The zero-order valence-corrected chi connectivity index (χ0v) is 18.0. The van der Waals surface area contributed by atoms with Gasteiger partial charge in [-0.2, -0.15) is 12.6 Å². The van der Waals surface area contributed by atoms with Crippen molar-refractivity contribution in [3.63, 3.8) is 0 Å². The van der Waals surface area contributed by atoms with Crippen molar-refractivity contribution in [2.45, 2.75) is 49.9 Å². The lowest BCUT2D eigenvalue weighted by Gasteiger charge is -2.28. The fraction of sp³-hybridized carbons (Fsp3) is 0.556. The molecule has 2 rings (SSSR count). The number of hydrogen-bond donors (Lipinski definition) is 7. The van der Waals surface area contributed by atoms with Crippen LogP contribution in [0.2, 0.25) is 0 Å². The second-order valence-electron chi connectivity index (χ2n) is 7.32. The van der Waals surface area contributed by atoms with E-state index in [1.807, 2.05) is 0 Å². The molecular formula is C18H26N6O7S. The number of nitrogens with one attached hydrogen (secondary N) is 3. The number of aromatic nitrogens is 2. The molecule has 14 heteroatoms. The van der Waals surface area contributed by atoms with E-state index >= 15 is 0 Å². The van der Waals surface area contributed by atoms with E-state index in [1.54, 1.807) is 0 Å². The summed E-state index contributed by atoms with van der Waals surface area (Å²) in [5.41, 5.74) is 6.15. The number of carboxylic acid groups (broad SMARTS) is 2. The number of hydrogen-bond acceptors (Lipinski definition) is 8. The Hall–Kier alpha value is -3.13. The molecule has 3 amide bonds. The van der Waals surface area contributed by atoms with Gasteiger partial charge in [-0.05, 0) is 12.8 Å². The number of carbonyl (C=O) groups excluding carboxylic acids is 3. The van der Waals surface area contributed by atoms with Crippen molar-refractivity contribution in [1.82, 2.24) is 25.5 Å². The van der Waals surface area contributed by atoms with E-state index in [9.17, 15) is 29.1 Å². The maximum atomic E-state index is 12.8. The van der Waals surface area contributed by atoms with Gasteiger partial charge in [0.05, 0.1) is 18.8 Å². The fourth-order valence-corrected chi connectivity index (χ4v) is 3.49. The summed E-state index contributed by atoms with van der Waals surface area (Å²) in [6.45, 7) is 0.291. The van der Waals surface area contributed by atoms with Crippen molar-refractivity contribution < 1.29 is 34.2 Å². The number of thiol groups is 1. The number of carboxylic acids is 2. The summed E-state index contributed by atoms with van der Waals surface area (Å²) < 4.78 is 0. The van der Waals surface area contributed by atoms with Crippen LogP contribution in [0.4, 0.5) is 0 Å². The van der Waals surface area contributed by atoms with E-state index < -0.39 is 60.2 Å². The van der Waals surface area contributed by atoms with Crippen LogP contribution >= 0.6 is 12.6 Å². The van der Waals surface area contributed by atoms with Crippen LogP contribution in [-0.2, 0) is 30.4 Å². The number of amides is 3. The summed E-state index contributed by atoms with van der Waals surface area (Å²) in [6.07, 6.45) is 2.68. The zero-order valence-electron chi connectivity index (χ0n) is 17.1. The largest absolute Gasteiger partial charge is 0.481 e. The van der Waals surface area contributed by atoms with Gasteiger partial charge >= 0.3 is 11.9 Å². The Labute approximate surface area is 188 Å². The lowest BCUT2D eigenvalue weighted by molar-refractivity contribution is -0.144. The minimum absolute atomic E-state index is 0.0840. The predicted octanol–water partition coefficient (Wildman–Crippen LogP) is -2.27. The second kappa shape index (κ2) is 11.5. The lowest BCUT2D eigenvalue weighted by Crippen LogP contribution is -2.57. The molecule has 7 N–H and O–H groups in total. The molecule has 0 bridgehead atoms. The second-order valence-corrected chi connectivity index (χ2v) is 7.68. The number of aromatic amines is 1. The Bertz CT molecular complexity index is 849. The minimum Gasteiger partial charge on any atom is -0.481 e. The molecule has 1 aliphatic heterocycles. The molecule has 4 atom stereocenters. The Kier molecular flexibility index (Phi) is 9.02. The number of rotatable bonds is 11. The maximum Gasteiger partial charge on any atom is 0.326 e. The highest BCUT2D eigenvalue weighted by Crippen LogP contribution is 2.19. The van der Waals surface area contributed by atoms with Crippen LogP contribution in [-0.4, -0.2) is 91.2 Å². The third kappa shape index (κ3) is 6.68. The van der Waals surface area contributed by atoms with Gasteiger partial charge in [-0.3, -0.25) is 19.2 Å². The van der Waals surface area contributed by atoms with Crippen molar-refractivity contribution in [2.75, 3.05) is 12.3 Å². The molecular weight excluding hydrogens is 444 g/mol. The summed E-state index contributed by atoms with van der Waals surface area (Å²) >= 11 is 3.98. The molecule has 0 radical (unpaired) electrons. The first kappa shape index (κ1) is 25.1. The highest BCUT2D eigenvalue weighted by molar-refractivity contribution is 7.80. The van der Waals surface area contributed by atoms with E-state index in [0.29, 0.717) is 25.1 Å². The molecule has 1 aromatic rings. The molecule has 2 heterocycles. The van der Waals surface area contributed by atoms with E-state index in [0.717, 1.165) is 0 Å². The van der Waals surface area contributed by atoms with Gasteiger partial charge in [-0.15, -0.1) is 0 Å². The Morgan fingerprint density at radius 1 is 1.25 bits per heavy atom. The van der Waals surface area contributed by atoms with Crippen molar-refractivity contribution in [2.24, 2.45) is 5.73 Å². The van der Waals surface area contributed by atoms with Gasteiger partial charge in [0, 0.05) is 30.6 Å². The van der Waals surface area contributed by atoms with Crippen LogP contribution in [0.5, 0.6) is 0 Å². The molecule has 0 saturated carbocycles. The van der Waals surface area contributed by atoms with Gasteiger partial charge in [0.15, 0.2) is 0 Å². The molecule has 4 unspecified atom stereocenters. The molecule has 13 nitrogen and oxygen atoms in total. The summed E-state index contributed by atoms with van der Waals surface area (Å²) in [5.74, 6) is -4.80. The highest BCUT2D eigenvalue weighted by atomic mass is 32.1. The number of H-pyrrole nitrogens is 1. The number of likely N-dealkylation sites (tertiary alicyclic amines) is 1. The standard InChI is InChI=1S/C18H26N6O7S/c19-10(7-32)17(29)24-3-1-2-13(24)16(28)22-11(5-14(25)26)15(27)23-12(18(30)31)4-9-6-20-8-21-9/h6,8,10-13,32H,1-5,7,19H2,(H,20,21)(H,22,28)(H,23,27)(H,25,26)(H,30,31). The average molecular weight is 471 g/mol. The summed E-state index contributed by atoms with van der Waals surface area (Å²) in [4.78, 5) is 68.4. The van der Waals surface area contributed by atoms with Crippen molar-refractivity contribution in [1.29, 1.82) is 0 Å². The van der Waals surface area contributed by atoms with Gasteiger partial charge in [-0.25, -0.2) is 9.78 Å². The first-order chi connectivity index (χ1) is 15.1. The van der Waals surface area contributed by atoms with Crippen LogP contribution in [0.1, 0.15) is 25.0 Å². The Morgan fingerprint density at radius 3 is 2.53 bits per heavy atom. The number of carbonyl (C=O) groups is 5. The predicted molar refractivity (Wildman–Crippen MR) is 113 cm³/mol. The van der Waals surface area contributed by atoms with Gasteiger partial charge < -0.3 is 36.5 Å². The van der Waals surface area contributed by atoms with E-state index in [2.05, 4.69) is 33.2 Å². The molecule has 0 aliphatic carbocycles. The van der Waals surface area contributed by atoms with Crippen molar-refractivity contribution in [3.05, 3.63) is 18.2 Å². The number of imidazole rings is 1. The summed E-state index contributed by atoms with van der Waals surface area (Å²) in [5, 5.41) is 23.1. The van der Waals surface area contributed by atoms with Crippen LogP contribution in [0.3, 0.4) is 0 Å². The van der Waals surface area contributed by atoms with Gasteiger partial charge in [0.25, 0.3) is 0 Å². The molecule has 0 spiro atoms. The minimum atomic E-state index is -1.54. The quantitative estimate of drug-likeness (QED) is 0.174. The smallest absolute Gasteiger partial charge is 0.326 e. The Balaban J connectivity index is 2.10. The first-order valence-corrected chi connectivity index (χ1v) is 10.5. The van der Waals surface area contributed by atoms with Gasteiger partial charge in [0.2, 0.25) is 17.7 Å². The molecule has 1 fully saturated rings. The van der Waals surface area contributed by atoms with Crippen LogP contribution < -0.4 is 16.4 Å². The zero-order chi connectivity index (χ0) is 23.8. The molecule has 176 valence electrons. The first-order valence-electron chi connectivity index (χ1n) is 9.83. The monoisotopic (exact) mass is 470 g/mol. The van der Waals surface area contributed by atoms with Crippen molar-refractivity contribution in [3.8, 4) is 0 Å². The maximum absolute atomic E-state index is 12.8. The highest BCUT2D eigenvalue weighted by Gasteiger charge is 2.38. The Morgan fingerprint density at radius 2 is 1.97 bits per heavy atom. The molecule has 0 aromatic carbocycles. The number of aliphatic carboxylic acids is 2.